The van der Waals surface area contributed by atoms with Crippen molar-refractivity contribution in [2.75, 3.05) is 6.54 Å². The molecule has 0 bridgehead atoms. The number of amides is 1. The fourth-order valence-corrected chi connectivity index (χ4v) is 0.615. The topological polar surface area (TPSA) is 38.3 Å². The summed E-state index contributed by atoms with van der Waals surface area (Å²) in [5, 5.41) is 2.47. The van der Waals surface area contributed by atoms with Gasteiger partial charge in [-0.2, -0.15) is 0 Å². The van der Waals surface area contributed by atoms with Crippen LogP contribution in [0.4, 0.5) is 4.79 Å². The Balaban J connectivity index is 3.61. The first-order valence-corrected chi connectivity index (χ1v) is 4.36. The minimum Gasteiger partial charge on any atom is -0.444 e. The molecule has 0 aliphatic carbocycles. The lowest BCUT2D eigenvalue weighted by molar-refractivity contribution is 0.0528. The number of alkyl halides is 1. The van der Waals surface area contributed by atoms with Crippen molar-refractivity contribution in [2.45, 2.75) is 38.7 Å². The molecule has 1 unspecified atom stereocenters. The van der Waals surface area contributed by atoms with Gasteiger partial charge in [-0.15, -0.1) is 11.6 Å². The van der Waals surface area contributed by atoms with Gasteiger partial charge in [-0.1, -0.05) is 0 Å². The van der Waals surface area contributed by atoms with Gasteiger partial charge in [-0.3, -0.25) is 0 Å². The molecule has 0 fully saturated rings. The molecule has 1 N–H and O–H groups in total. The first-order valence-electron chi connectivity index (χ1n) is 3.92. The van der Waals surface area contributed by atoms with Crippen molar-refractivity contribution in [3.63, 3.8) is 0 Å². The molecule has 0 aliphatic heterocycles. The van der Waals surface area contributed by atoms with Gasteiger partial charge in [0.05, 0.1) is 0 Å². The third-order valence-corrected chi connectivity index (χ3v) is 1.08. The Hall–Kier alpha value is -0.440. The molecule has 0 spiro atoms. The highest BCUT2D eigenvalue weighted by Crippen LogP contribution is 2.06. The second kappa shape index (κ2) is 4.55. The second-order valence-electron chi connectivity index (χ2n) is 3.66. The molecule has 0 radical (unpaired) electrons. The van der Waals surface area contributed by atoms with Gasteiger partial charge in [0, 0.05) is 11.9 Å². The van der Waals surface area contributed by atoms with E-state index in [-0.39, 0.29) is 5.38 Å². The van der Waals surface area contributed by atoms with E-state index in [1.807, 2.05) is 20.8 Å². The van der Waals surface area contributed by atoms with E-state index in [9.17, 15) is 4.79 Å². The van der Waals surface area contributed by atoms with Crippen LogP contribution in [0.5, 0.6) is 0 Å². The highest BCUT2D eigenvalue weighted by atomic mass is 35.5. The second-order valence-corrected chi connectivity index (χ2v) is 4.41. The van der Waals surface area contributed by atoms with E-state index < -0.39 is 11.7 Å². The summed E-state index contributed by atoms with van der Waals surface area (Å²) in [5.74, 6) is 0. The number of carbonyl (C=O) groups is 1. The van der Waals surface area contributed by atoms with E-state index in [1.54, 1.807) is 6.92 Å². The highest BCUT2D eigenvalue weighted by molar-refractivity contribution is 6.20. The molecule has 0 rings (SSSR count). The predicted octanol–water partition coefficient (Wildman–Crippen LogP) is 2.14. The molecule has 1 atom stereocenters. The minimum atomic E-state index is -0.445. The molecule has 0 saturated carbocycles. The van der Waals surface area contributed by atoms with Crippen LogP contribution in [0.3, 0.4) is 0 Å². The van der Waals surface area contributed by atoms with Gasteiger partial charge >= 0.3 is 6.09 Å². The molecule has 4 heteroatoms. The van der Waals surface area contributed by atoms with Crippen LogP contribution in [-0.2, 0) is 4.74 Å². The summed E-state index contributed by atoms with van der Waals surface area (Å²) in [4.78, 5) is 11.0. The minimum absolute atomic E-state index is 0.0717. The monoisotopic (exact) mass is 193 g/mol. The number of hydrogen-bond acceptors (Lipinski definition) is 2. The maximum atomic E-state index is 11.0. The van der Waals surface area contributed by atoms with Crippen LogP contribution >= 0.6 is 11.6 Å². The summed E-state index contributed by atoms with van der Waals surface area (Å²) in [6, 6.07) is 0. The smallest absolute Gasteiger partial charge is 0.407 e. The van der Waals surface area contributed by atoms with Gasteiger partial charge in [0.2, 0.25) is 0 Å². The van der Waals surface area contributed by atoms with E-state index >= 15 is 0 Å². The Bertz CT molecular complexity index is 152. The van der Waals surface area contributed by atoms with Crippen molar-refractivity contribution in [1.82, 2.24) is 5.32 Å². The predicted molar refractivity (Wildman–Crippen MR) is 49.6 cm³/mol. The summed E-state index contributed by atoms with van der Waals surface area (Å²) in [6.07, 6.45) is -0.421. The lowest BCUT2D eigenvalue weighted by Gasteiger charge is -2.19. The summed E-state index contributed by atoms with van der Waals surface area (Å²) < 4.78 is 4.98. The van der Waals surface area contributed by atoms with Gasteiger partial charge in [0.1, 0.15) is 5.60 Å². The number of hydrogen-bond donors (Lipinski definition) is 1. The summed E-state index contributed by atoms with van der Waals surface area (Å²) in [6.45, 7) is 7.68. The maximum absolute atomic E-state index is 11.0. The lowest BCUT2D eigenvalue weighted by atomic mass is 10.2. The highest BCUT2D eigenvalue weighted by Gasteiger charge is 2.15. The fourth-order valence-electron chi connectivity index (χ4n) is 0.538. The Morgan fingerprint density at radius 2 is 2.08 bits per heavy atom. The fraction of sp³-hybridized carbons (Fsp3) is 0.875. The Morgan fingerprint density at radius 3 is 2.42 bits per heavy atom. The zero-order valence-corrected chi connectivity index (χ0v) is 8.73. The van der Waals surface area contributed by atoms with Crippen molar-refractivity contribution >= 4 is 17.7 Å². The third-order valence-electron chi connectivity index (χ3n) is 0.927. The molecule has 1 amide bonds. The zero-order chi connectivity index (χ0) is 9.78. The summed E-state index contributed by atoms with van der Waals surface area (Å²) in [7, 11) is 0. The molecule has 72 valence electrons. The maximum Gasteiger partial charge on any atom is 0.407 e. The molecule has 0 saturated heterocycles. The molecule has 0 aromatic carbocycles. The quantitative estimate of drug-likeness (QED) is 0.683. The van der Waals surface area contributed by atoms with Crippen molar-refractivity contribution in [3.8, 4) is 0 Å². The van der Waals surface area contributed by atoms with Crippen LogP contribution in [-0.4, -0.2) is 23.6 Å². The number of halogens is 1. The van der Waals surface area contributed by atoms with Gasteiger partial charge in [-0.25, -0.2) is 4.79 Å². The van der Waals surface area contributed by atoms with Crippen LogP contribution in [0.2, 0.25) is 0 Å². The molecule has 0 aromatic heterocycles. The first-order chi connectivity index (χ1) is 5.31. The van der Waals surface area contributed by atoms with E-state index in [2.05, 4.69) is 5.32 Å². The average Bonchev–Trinajstić information content (AvgIpc) is 1.79. The first kappa shape index (κ1) is 11.6. The summed E-state index contributed by atoms with van der Waals surface area (Å²) >= 11 is 5.62. The van der Waals surface area contributed by atoms with Crippen LogP contribution < -0.4 is 5.32 Å². The average molecular weight is 194 g/mol. The van der Waals surface area contributed by atoms with E-state index in [0.29, 0.717) is 6.54 Å². The molecule has 3 nitrogen and oxygen atoms in total. The normalized spacial score (nSPS) is 13.8. The van der Waals surface area contributed by atoms with Gasteiger partial charge in [-0.05, 0) is 27.7 Å². The SMILES string of the molecule is CC(Cl)CNC(=O)OC(C)(C)C. The van der Waals surface area contributed by atoms with Gasteiger partial charge < -0.3 is 10.1 Å². The van der Waals surface area contributed by atoms with Crippen LogP contribution in [0.15, 0.2) is 0 Å². The van der Waals surface area contributed by atoms with Crippen LogP contribution in [0.25, 0.3) is 0 Å². The largest absolute Gasteiger partial charge is 0.444 e. The zero-order valence-electron chi connectivity index (χ0n) is 7.98. The summed E-state index contributed by atoms with van der Waals surface area (Å²) in [5.41, 5.74) is -0.445. The Kier molecular flexibility index (Phi) is 4.39. The van der Waals surface area contributed by atoms with Crippen molar-refractivity contribution in [2.24, 2.45) is 0 Å². The number of alkyl carbamates (subject to hydrolysis) is 1. The molecular weight excluding hydrogens is 178 g/mol. The van der Waals surface area contributed by atoms with Crippen LogP contribution in [0.1, 0.15) is 27.7 Å². The molecule has 0 heterocycles. The van der Waals surface area contributed by atoms with E-state index in [4.69, 9.17) is 16.3 Å². The van der Waals surface area contributed by atoms with E-state index in [1.165, 1.54) is 0 Å². The van der Waals surface area contributed by atoms with Crippen molar-refractivity contribution in [1.29, 1.82) is 0 Å². The number of nitrogens with one attached hydrogen (secondary N) is 1. The molecular formula is C8H16ClNO2. The van der Waals surface area contributed by atoms with Gasteiger partial charge in [0.15, 0.2) is 0 Å². The van der Waals surface area contributed by atoms with Crippen LogP contribution in [0, 0.1) is 0 Å². The number of ether oxygens (including phenoxy) is 1. The van der Waals surface area contributed by atoms with E-state index in [0.717, 1.165) is 0 Å². The number of rotatable bonds is 2. The van der Waals surface area contributed by atoms with Crippen molar-refractivity contribution < 1.29 is 9.53 Å². The van der Waals surface area contributed by atoms with Crippen molar-refractivity contribution in [3.05, 3.63) is 0 Å². The molecule has 0 aliphatic rings. The molecule has 0 aromatic rings. The van der Waals surface area contributed by atoms with Gasteiger partial charge in [0.25, 0.3) is 0 Å². The third kappa shape index (κ3) is 7.66. The number of carbonyl (C=O) groups excluding carboxylic acids is 1. The standard InChI is InChI=1S/C8H16ClNO2/c1-6(9)5-10-7(11)12-8(2,3)4/h6H,5H2,1-4H3,(H,10,11). The lowest BCUT2D eigenvalue weighted by Crippen LogP contribution is -2.35. The molecule has 12 heavy (non-hydrogen) atoms. The Morgan fingerprint density at radius 1 is 1.58 bits per heavy atom. The Labute approximate surface area is 78.4 Å².